The Morgan fingerprint density at radius 1 is 1.03 bits per heavy atom. The maximum absolute atomic E-state index is 13.9. The van der Waals surface area contributed by atoms with Crippen molar-refractivity contribution in [1.82, 2.24) is 29.1 Å². The number of imidazole rings is 1. The van der Waals surface area contributed by atoms with E-state index in [0.29, 0.717) is 39.3 Å². The molecule has 0 spiro atoms. The highest BCUT2D eigenvalue weighted by Gasteiger charge is 2.46. The first-order valence-electron chi connectivity index (χ1n) is 10.6. The summed E-state index contributed by atoms with van der Waals surface area (Å²) >= 11 is 0. The summed E-state index contributed by atoms with van der Waals surface area (Å²) in [5.41, 5.74) is 3.04. The molecule has 5 heterocycles. The van der Waals surface area contributed by atoms with Crippen molar-refractivity contribution in [3.63, 3.8) is 0 Å². The predicted molar refractivity (Wildman–Crippen MR) is 119 cm³/mol. The van der Waals surface area contributed by atoms with E-state index in [2.05, 4.69) is 19.9 Å². The Balaban J connectivity index is 1.51. The molecule has 12 heteroatoms. The van der Waals surface area contributed by atoms with Crippen LogP contribution in [0.4, 0.5) is 23.5 Å². The van der Waals surface area contributed by atoms with E-state index in [0.717, 1.165) is 6.07 Å². The van der Waals surface area contributed by atoms with Crippen LogP contribution >= 0.6 is 0 Å². The molecule has 6 rings (SSSR count). The molecule has 0 aliphatic carbocycles. The Kier molecular flexibility index (Phi) is 4.66. The normalized spacial score (nSPS) is 15.1. The van der Waals surface area contributed by atoms with Crippen LogP contribution in [0.3, 0.4) is 0 Å². The lowest BCUT2D eigenvalue weighted by Crippen LogP contribution is -2.57. The van der Waals surface area contributed by atoms with E-state index in [9.17, 15) is 17.6 Å². The van der Waals surface area contributed by atoms with Gasteiger partial charge < -0.3 is 18.8 Å². The summed E-state index contributed by atoms with van der Waals surface area (Å²) in [6, 6.07) is 6.74. The van der Waals surface area contributed by atoms with Crippen molar-refractivity contribution in [3.05, 3.63) is 66.3 Å². The van der Waals surface area contributed by atoms with Gasteiger partial charge >= 0.3 is 0 Å². The number of hydrogen-bond acceptors (Lipinski definition) is 6. The Bertz CT molecular complexity index is 1570. The lowest BCUT2D eigenvalue weighted by Gasteiger charge is -2.39. The first kappa shape index (κ1) is 21.3. The summed E-state index contributed by atoms with van der Waals surface area (Å²) in [7, 11) is 1.50. The van der Waals surface area contributed by atoms with Crippen LogP contribution in [-0.2, 0) is 6.54 Å². The largest absolute Gasteiger partial charge is 0.479 e. The monoisotopic (exact) mass is 483 g/mol. The van der Waals surface area contributed by atoms with E-state index in [-0.39, 0.29) is 12.5 Å². The third-order valence-corrected chi connectivity index (χ3v) is 5.87. The van der Waals surface area contributed by atoms with Crippen molar-refractivity contribution in [2.45, 2.75) is 12.5 Å². The maximum Gasteiger partial charge on any atom is 0.282 e. The van der Waals surface area contributed by atoms with Gasteiger partial charge in [0.2, 0.25) is 11.8 Å². The zero-order valence-corrected chi connectivity index (χ0v) is 18.3. The van der Waals surface area contributed by atoms with E-state index < -0.39 is 30.6 Å². The van der Waals surface area contributed by atoms with Crippen molar-refractivity contribution in [3.8, 4) is 11.6 Å². The minimum Gasteiger partial charge on any atom is -0.479 e. The van der Waals surface area contributed by atoms with Crippen LogP contribution in [0.1, 0.15) is 5.56 Å². The SMILES string of the molecule is COc1ncnc2ccn(-c3cnc4nc(N5CC(F)(F)C5)n(Cc5cc(F)cc(F)c5)c4c3)c12. The van der Waals surface area contributed by atoms with Crippen molar-refractivity contribution >= 4 is 28.1 Å². The number of alkyl halides is 2. The number of nitrogens with zero attached hydrogens (tertiary/aromatic N) is 7. The first-order chi connectivity index (χ1) is 16.8. The van der Waals surface area contributed by atoms with E-state index in [1.807, 2.05) is 0 Å². The molecule has 1 aliphatic rings. The highest BCUT2D eigenvalue weighted by molar-refractivity contribution is 5.84. The second-order valence-electron chi connectivity index (χ2n) is 8.33. The minimum atomic E-state index is -2.83. The third-order valence-electron chi connectivity index (χ3n) is 5.87. The number of aromatic nitrogens is 6. The zero-order valence-electron chi connectivity index (χ0n) is 18.3. The first-order valence-corrected chi connectivity index (χ1v) is 10.6. The predicted octanol–water partition coefficient (Wildman–Crippen LogP) is 3.96. The molecule has 4 aromatic heterocycles. The molecule has 0 radical (unpaired) electrons. The lowest BCUT2D eigenvalue weighted by molar-refractivity contribution is -0.0274. The van der Waals surface area contributed by atoms with Crippen LogP contribution in [0.2, 0.25) is 0 Å². The number of rotatable bonds is 5. The molecular weight excluding hydrogens is 466 g/mol. The smallest absolute Gasteiger partial charge is 0.282 e. The summed E-state index contributed by atoms with van der Waals surface area (Å²) in [5.74, 6) is -3.67. The van der Waals surface area contributed by atoms with Crippen LogP contribution in [-0.4, -0.2) is 55.2 Å². The van der Waals surface area contributed by atoms with Gasteiger partial charge in [0, 0.05) is 12.3 Å². The van der Waals surface area contributed by atoms with Crippen molar-refractivity contribution in [1.29, 1.82) is 0 Å². The van der Waals surface area contributed by atoms with Gasteiger partial charge in [0.15, 0.2) is 5.65 Å². The molecule has 0 atom stereocenters. The van der Waals surface area contributed by atoms with Gasteiger partial charge in [-0.25, -0.2) is 27.5 Å². The van der Waals surface area contributed by atoms with Crippen LogP contribution in [0.15, 0.2) is 49.1 Å². The van der Waals surface area contributed by atoms with Gasteiger partial charge in [-0.2, -0.15) is 9.97 Å². The fraction of sp³-hybridized carbons (Fsp3) is 0.217. The summed E-state index contributed by atoms with van der Waals surface area (Å²) in [6.07, 6.45) is 4.77. The molecule has 5 aromatic rings. The molecule has 178 valence electrons. The lowest BCUT2D eigenvalue weighted by atomic mass is 10.1. The van der Waals surface area contributed by atoms with Crippen molar-refractivity contribution < 1.29 is 22.3 Å². The summed E-state index contributed by atoms with van der Waals surface area (Å²) in [4.78, 5) is 18.7. The fourth-order valence-corrected chi connectivity index (χ4v) is 4.36. The van der Waals surface area contributed by atoms with Crippen LogP contribution < -0.4 is 9.64 Å². The number of halogens is 4. The van der Waals surface area contributed by atoms with Crippen LogP contribution in [0.25, 0.3) is 27.9 Å². The van der Waals surface area contributed by atoms with E-state index in [1.165, 1.54) is 30.5 Å². The van der Waals surface area contributed by atoms with Crippen LogP contribution in [0, 0.1) is 11.6 Å². The van der Waals surface area contributed by atoms with E-state index in [1.54, 1.807) is 33.7 Å². The fourth-order valence-electron chi connectivity index (χ4n) is 4.36. The Hall–Kier alpha value is -4.22. The molecule has 35 heavy (non-hydrogen) atoms. The average Bonchev–Trinajstić information content (AvgIpc) is 3.38. The molecule has 0 unspecified atom stereocenters. The molecule has 0 N–H and O–H groups in total. The standard InChI is InChI=1S/C23H17F4N7O/c1-35-21-19-17(29-12-30-21)2-3-33(19)16-7-18-20(28-8-16)31-22(32-10-23(26,27)11-32)34(18)9-13-4-14(24)6-15(25)5-13/h2-8,12H,9-11H2,1H3. The van der Waals surface area contributed by atoms with Crippen molar-refractivity contribution in [2.75, 3.05) is 25.1 Å². The number of hydrogen-bond donors (Lipinski definition) is 0. The second kappa shape index (κ2) is 7.65. The molecule has 1 aliphatic heterocycles. The maximum atomic E-state index is 13.9. The zero-order chi connectivity index (χ0) is 24.3. The molecule has 0 saturated carbocycles. The molecule has 8 nitrogen and oxygen atoms in total. The molecule has 0 amide bonds. The van der Waals surface area contributed by atoms with Gasteiger partial charge in [0.25, 0.3) is 5.92 Å². The number of fused-ring (bicyclic) bond motifs is 2. The summed E-state index contributed by atoms with van der Waals surface area (Å²) in [6.45, 7) is -0.999. The number of methoxy groups -OCH3 is 1. The Morgan fingerprint density at radius 2 is 1.80 bits per heavy atom. The summed E-state index contributed by atoms with van der Waals surface area (Å²) in [5, 5.41) is 0. The topological polar surface area (TPSA) is 73.9 Å². The Labute approximate surface area is 195 Å². The minimum absolute atomic E-state index is 0.00652. The van der Waals surface area contributed by atoms with Crippen molar-refractivity contribution in [2.24, 2.45) is 0 Å². The quantitative estimate of drug-likeness (QED) is 0.353. The van der Waals surface area contributed by atoms with Gasteiger partial charge in [0.1, 0.15) is 23.5 Å². The van der Waals surface area contributed by atoms with Gasteiger partial charge in [-0.05, 0) is 29.8 Å². The molecule has 1 saturated heterocycles. The number of pyridine rings is 1. The van der Waals surface area contributed by atoms with Crippen LogP contribution in [0.5, 0.6) is 5.88 Å². The molecular formula is C23H17F4N7O. The number of benzene rings is 1. The van der Waals surface area contributed by atoms with E-state index in [4.69, 9.17) is 4.74 Å². The summed E-state index contributed by atoms with van der Waals surface area (Å²) < 4.78 is 63.8. The van der Waals surface area contributed by atoms with Gasteiger partial charge in [0.05, 0.1) is 49.7 Å². The second-order valence-corrected chi connectivity index (χ2v) is 8.33. The molecule has 1 aromatic carbocycles. The van der Waals surface area contributed by atoms with Gasteiger partial charge in [-0.1, -0.05) is 0 Å². The Morgan fingerprint density at radius 3 is 2.51 bits per heavy atom. The third kappa shape index (κ3) is 3.61. The van der Waals surface area contributed by atoms with Gasteiger partial charge in [-0.15, -0.1) is 0 Å². The molecule has 1 fully saturated rings. The number of anilines is 1. The van der Waals surface area contributed by atoms with E-state index >= 15 is 0 Å². The highest BCUT2D eigenvalue weighted by Crippen LogP contribution is 2.34. The molecule has 0 bridgehead atoms. The number of ether oxygens (including phenoxy) is 1. The highest BCUT2D eigenvalue weighted by atomic mass is 19.3. The van der Waals surface area contributed by atoms with Gasteiger partial charge in [-0.3, -0.25) is 0 Å². The average molecular weight is 483 g/mol.